The van der Waals surface area contributed by atoms with Gasteiger partial charge in [-0.05, 0) is 18.9 Å². The quantitative estimate of drug-likeness (QED) is 0.684. The number of imidazole rings is 1. The minimum atomic E-state index is -0.414. The Labute approximate surface area is 122 Å². The molecule has 2 aromatic rings. The first-order chi connectivity index (χ1) is 9.12. The minimum absolute atomic E-state index is 0.0989. The molecule has 2 rings (SSSR count). The molecule has 1 aromatic carbocycles. The van der Waals surface area contributed by atoms with Gasteiger partial charge >= 0.3 is 0 Å². The van der Waals surface area contributed by atoms with Crippen LogP contribution in [-0.4, -0.2) is 9.55 Å². The third-order valence-electron chi connectivity index (χ3n) is 3.38. The third kappa shape index (κ3) is 2.72. The second-order valence-corrected chi connectivity index (χ2v) is 5.31. The minimum Gasteiger partial charge on any atom is -0.324 e. The Morgan fingerprint density at radius 3 is 2.68 bits per heavy atom. The lowest BCUT2D eigenvalue weighted by Crippen LogP contribution is -2.11. The second kappa shape index (κ2) is 6.10. The Kier molecular flexibility index (Phi) is 4.69. The maximum atomic E-state index is 13.7. The van der Waals surface area contributed by atoms with Gasteiger partial charge in [0.25, 0.3) is 0 Å². The largest absolute Gasteiger partial charge is 0.324 e. The molecule has 5 heteroatoms. The van der Waals surface area contributed by atoms with Crippen LogP contribution in [0, 0.1) is 5.82 Å². The van der Waals surface area contributed by atoms with Crippen molar-refractivity contribution in [2.24, 2.45) is 0 Å². The number of aromatic nitrogens is 2. The monoisotopic (exact) mass is 302 g/mol. The Bertz CT molecular complexity index is 580. The Morgan fingerprint density at radius 1 is 1.37 bits per heavy atom. The number of nitrogens with zero attached hydrogens (tertiary/aromatic N) is 2. The van der Waals surface area contributed by atoms with Crippen LogP contribution in [0.3, 0.4) is 0 Å². The number of hydrogen-bond donors (Lipinski definition) is 0. The van der Waals surface area contributed by atoms with Crippen molar-refractivity contribution < 1.29 is 4.39 Å². The third-order valence-corrected chi connectivity index (χ3v) is 3.91. The predicted octanol–water partition coefficient (Wildman–Crippen LogP) is 5.32. The molecule has 0 amide bonds. The maximum Gasteiger partial charge on any atom is 0.144 e. The van der Waals surface area contributed by atoms with E-state index in [0.29, 0.717) is 17.4 Å². The molecule has 19 heavy (non-hydrogen) atoms. The molecule has 104 valence electrons. The molecule has 0 radical (unpaired) electrons. The highest BCUT2D eigenvalue weighted by atomic mass is 35.5. The summed E-state index contributed by atoms with van der Waals surface area (Å²) in [5.74, 6) is 0.676. The molecule has 0 aliphatic heterocycles. The lowest BCUT2D eigenvalue weighted by atomic mass is 10.1. The van der Waals surface area contributed by atoms with E-state index in [0.717, 1.165) is 30.6 Å². The van der Waals surface area contributed by atoms with Gasteiger partial charge in [-0.15, -0.1) is 11.6 Å². The standard InChI is InChI=1S/C14H17Cl2FN2/c1-3-5-9(4-2)19-13-7-11(17)10(16)6-12(13)18-14(19)8-15/h6-7,9H,3-5,8H2,1-2H3. The summed E-state index contributed by atoms with van der Waals surface area (Å²) in [5.41, 5.74) is 1.48. The van der Waals surface area contributed by atoms with Crippen LogP contribution >= 0.6 is 23.2 Å². The summed E-state index contributed by atoms with van der Waals surface area (Å²) >= 11 is 11.8. The van der Waals surface area contributed by atoms with E-state index in [-0.39, 0.29) is 5.02 Å². The maximum absolute atomic E-state index is 13.7. The van der Waals surface area contributed by atoms with Crippen LogP contribution < -0.4 is 0 Å². The van der Waals surface area contributed by atoms with E-state index in [1.165, 1.54) is 6.07 Å². The molecule has 0 aliphatic rings. The molecule has 0 spiro atoms. The van der Waals surface area contributed by atoms with Gasteiger partial charge < -0.3 is 4.57 Å². The molecule has 0 N–H and O–H groups in total. The van der Waals surface area contributed by atoms with Gasteiger partial charge in [0.05, 0.1) is 21.9 Å². The van der Waals surface area contributed by atoms with Crippen LogP contribution in [0.15, 0.2) is 12.1 Å². The van der Waals surface area contributed by atoms with Gasteiger partial charge in [0.15, 0.2) is 0 Å². The van der Waals surface area contributed by atoms with Crippen LogP contribution in [0.25, 0.3) is 11.0 Å². The van der Waals surface area contributed by atoms with Crippen molar-refractivity contribution in [3.8, 4) is 0 Å². The van der Waals surface area contributed by atoms with Gasteiger partial charge in [-0.3, -0.25) is 0 Å². The number of alkyl halides is 1. The summed E-state index contributed by atoms with van der Waals surface area (Å²) in [6, 6.07) is 3.32. The van der Waals surface area contributed by atoms with Gasteiger partial charge in [-0.1, -0.05) is 31.9 Å². The molecule has 0 saturated carbocycles. The first-order valence-corrected chi connectivity index (χ1v) is 7.45. The highest BCUT2D eigenvalue weighted by molar-refractivity contribution is 6.31. The van der Waals surface area contributed by atoms with E-state index in [1.54, 1.807) is 6.07 Å². The molecule has 1 heterocycles. The Balaban J connectivity index is 2.65. The number of hydrogen-bond acceptors (Lipinski definition) is 1. The fourth-order valence-electron chi connectivity index (χ4n) is 2.49. The first-order valence-electron chi connectivity index (χ1n) is 6.54. The van der Waals surface area contributed by atoms with Gasteiger partial charge in [0.2, 0.25) is 0 Å². The van der Waals surface area contributed by atoms with E-state index in [4.69, 9.17) is 23.2 Å². The van der Waals surface area contributed by atoms with Crippen LogP contribution in [0.1, 0.15) is 45.0 Å². The molecule has 1 unspecified atom stereocenters. The molecule has 1 atom stereocenters. The van der Waals surface area contributed by atoms with Crippen molar-refractivity contribution in [3.05, 3.63) is 28.8 Å². The number of benzene rings is 1. The SMILES string of the molecule is CCCC(CC)n1c(CCl)nc2cc(Cl)c(F)cc21. The normalized spacial score (nSPS) is 13.1. The molecule has 2 nitrogen and oxygen atoms in total. The molecule has 0 fully saturated rings. The van der Waals surface area contributed by atoms with Gasteiger partial charge in [0.1, 0.15) is 11.6 Å². The van der Waals surface area contributed by atoms with Crippen molar-refractivity contribution in [3.63, 3.8) is 0 Å². The fraction of sp³-hybridized carbons (Fsp3) is 0.500. The van der Waals surface area contributed by atoms with Crippen molar-refractivity contribution in [2.45, 2.75) is 45.0 Å². The van der Waals surface area contributed by atoms with Crippen LogP contribution in [0.4, 0.5) is 4.39 Å². The number of rotatable bonds is 5. The zero-order valence-electron chi connectivity index (χ0n) is 11.1. The smallest absolute Gasteiger partial charge is 0.144 e. The molecule has 0 saturated heterocycles. The van der Waals surface area contributed by atoms with Gasteiger partial charge in [-0.25, -0.2) is 9.37 Å². The average Bonchev–Trinajstić information content (AvgIpc) is 2.74. The summed E-state index contributed by atoms with van der Waals surface area (Å²) in [4.78, 5) is 4.46. The zero-order valence-corrected chi connectivity index (χ0v) is 12.6. The highest BCUT2D eigenvalue weighted by Gasteiger charge is 2.18. The summed E-state index contributed by atoms with van der Waals surface area (Å²) in [6.07, 6.45) is 3.06. The summed E-state index contributed by atoms with van der Waals surface area (Å²) < 4.78 is 15.7. The van der Waals surface area contributed by atoms with E-state index in [1.807, 2.05) is 0 Å². The topological polar surface area (TPSA) is 17.8 Å². The number of halogens is 3. The molecule has 0 bridgehead atoms. The van der Waals surface area contributed by atoms with Gasteiger partial charge in [0, 0.05) is 12.1 Å². The van der Waals surface area contributed by atoms with Crippen LogP contribution in [-0.2, 0) is 5.88 Å². The van der Waals surface area contributed by atoms with Crippen molar-refractivity contribution in [1.29, 1.82) is 0 Å². The summed E-state index contributed by atoms with van der Waals surface area (Å²) in [5, 5.41) is 0.0989. The Hall–Kier alpha value is -0.800. The Morgan fingerprint density at radius 2 is 2.11 bits per heavy atom. The van der Waals surface area contributed by atoms with Crippen molar-refractivity contribution in [2.75, 3.05) is 0 Å². The molecular weight excluding hydrogens is 286 g/mol. The van der Waals surface area contributed by atoms with E-state index in [9.17, 15) is 4.39 Å². The van der Waals surface area contributed by atoms with Crippen molar-refractivity contribution in [1.82, 2.24) is 9.55 Å². The fourth-order valence-corrected chi connectivity index (χ4v) is 2.84. The molecule has 1 aromatic heterocycles. The average molecular weight is 303 g/mol. The summed E-state index contributed by atoms with van der Waals surface area (Å²) in [6.45, 7) is 4.26. The summed E-state index contributed by atoms with van der Waals surface area (Å²) in [7, 11) is 0. The van der Waals surface area contributed by atoms with Crippen molar-refractivity contribution >= 4 is 34.2 Å². The number of fused-ring (bicyclic) bond motifs is 1. The lowest BCUT2D eigenvalue weighted by Gasteiger charge is -2.19. The second-order valence-electron chi connectivity index (χ2n) is 4.64. The lowest BCUT2D eigenvalue weighted by molar-refractivity contribution is 0.448. The van der Waals surface area contributed by atoms with Gasteiger partial charge in [-0.2, -0.15) is 0 Å². The van der Waals surface area contributed by atoms with E-state index >= 15 is 0 Å². The molecule has 0 aliphatic carbocycles. The first kappa shape index (κ1) is 14.6. The van der Waals surface area contributed by atoms with Crippen LogP contribution in [0.5, 0.6) is 0 Å². The van der Waals surface area contributed by atoms with E-state index < -0.39 is 5.82 Å². The predicted molar refractivity (Wildman–Crippen MR) is 78.5 cm³/mol. The molecular formula is C14H17Cl2FN2. The van der Waals surface area contributed by atoms with E-state index in [2.05, 4.69) is 23.4 Å². The highest BCUT2D eigenvalue weighted by Crippen LogP contribution is 2.30. The van der Waals surface area contributed by atoms with Crippen LogP contribution in [0.2, 0.25) is 5.02 Å². The zero-order chi connectivity index (χ0) is 14.0.